The molecule has 0 fully saturated rings. The van der Waals surface area contributed by atoms with E-state index in [9.17, 15) is 14.3 Å². The number of nitrogens with zero attached hydrogens (tertiary/aromatic N) is 1. The summed E-state index contributed by atoms with van der Waals surface area (Å²) in [7, 11) is 0. The zero-order valence-electron chi connectivity index (χ0n) is 12.6. The maximum absolute atomic E-state index is 13.0. The van der Waals surface area contributed by atoms with E-state index in [4.69, 9.17) is 0 Å². The highest BCUT2D eigenvalue weighted by Gasteiger charge is 2.33. The van der Waals surface area contributed by atoms with E-state index in [0.717, 1.165) is 11.3 Å². The number of amides is 1. The van der Waals surface area contributed by atoms with Crippen molar-refractivity contribution in [3.05, 3.63) is 65.0 Å². The van der Waals surface area contributed by atoms with Crippen molar-refractivity contribution >= 4 is 11.6 Å². The number of likely N-dealkylation sites (N-methyl/N-ethyl adjacent to an activating group) is 1. The number of hydrogen-bond donors (Lipinski definition) is 1. The molecule has 1 N–H and O–H groups in total. The molecule has 0 saturated heterocycles. The Hall–Kier alpha value is -2.20. The molecule has 2 aromatic carbocycles. The zero-order valence-corrected chi connectivity index (χ0v) is 12.6. The van der Waals surface area contributed by atoms with Gasteiger partial charge in [-0.15, -0.1) is 0 Å². The third-order valence-corrected chi connectivity index (χ3v) is 4.26. The summed E-state index contributed by atoms with van der Waals surface area (Å²) in [5.41, 5.74) is 3.19. The molecule has 2 aromatic rings. The van der Waals surface area contributed by atoms with Gasteiger partial charge in [-0.25, -0.2) is 4.39 Å². The monoisotopic (exact) mass is 299 g/mol. The van der Waals surface area contributed by atoms with Crippen LogP contribution in [0.4, 0.5) is 10.1 Å². The Kier molecular flexibility index (Phi) is 3.71. The van der Waals surface area contributed by atoms with Gasteiger partial charge in [0.05, 0.1) is 5.92 Å². The molecule has 22 heavy (non-hydrogen) atoms. The third-order valence-electron chi connectivity index (χ3n) is 4.26. The van der Waals surface area contributed by atoms with Crippen molar-refractivity contribution in [2.45, 2.75) is 25.9 Å². The lowest BCUT2D eigenvalue weighted by Crippen LogP contribution is -2.27. The first-order chi connectivity index (χ1) is 10.5. The third kappa shape index (κ3) is 2.29. The first-order valence-electron chi connectivity index (χ1n) is 7.41. The van der Waals surface area contributed by atoms with Crippen LogP contribution in [0.15, 0.2) is 42.5 Å². The van der Waals surface area contributed by atoms with Crippen LogP contribution in [0, 0.1) is 5.82 Å². The highest BCUT2D eigenvalue weighted by atomic mass is 19.1. The number of carbonyl (C=O) groups excluding carboxylic acids is 1. The van der Waals surface area contributed by atoms with Crippen LogP contribution in [0.3, 0.4) is 0 Å². The molecule has 2 atom stereocenters. The van der Waals surface area contributed by atoms with Crippen LogP contribution in [-0.2, 0) is 4.79 Å². The van der Waals surface area contributed by atoms with Crippen molar-refractivity contribution < 1.29 is 14.3 Å². The Bertz CT molecular complexity index is 712. The van der Waals surface area contributed by atoms with Gasteiger partial charge in [0.15, 0.2) is 0 Å². The van der Waals surface area contributed by atoms with E-state index in [1.807, 2.05) is 32.0 Å². The lowest BCUT2D eigenvalue weighted by molar-refractivity contribution is -0.118. The van der Waals surface area contributed by atoms with E-state index >= 15 is 0 Å². The maximum Gasteiger partial charge on any atom is 0.234 e. The molecule has 1 amide bonds. The van der Waals surface area contributed by atoms with Crippen molar-refractivity contribution in [2.24, 2.45) is 0 Å². The maximum atomic E-state index is 13.0. The van der Waals surface area contributed by atoms with E-state index in [2.05, 4.69) is 0 Å². The van der Waals surface area contributed by atoms with Crippen LogP contribution in [0.25, 0.3) is 0 Å². The van der Waals surface area contributed by atoms with Crippen LogP contribution in [0.5, 0.6) is 0 Å². The average Bonchev–Trinajstić information content (AvgIpc) is 2.78. The molecule has 1 aliphatic rings. The van der Waals surface area contributed by atoms with Gasteiger partial charge in [-0.1, -0.05) is 18.2 Å². The number of benzene rings is 2. The lowest BCUT2D eigenvalue weighted by Gasteiger charge is -2.16. The molecule has 0 aromatic heterocycles. The van der Waals surface area contributed by atoms with Gasteiger partial charge in [0, 0.05) is 12.2 Å². The summed E-state index contributed by atoms with van der Waals surface area (Å²) < 4.78 is 13.0. The van der Waals surface area contributed by atoms with Gasteiger partial charge in [0.1, 0.15) is 11.9 Å². The Morgan fingerprint density at radius 3 is 2.45 bits per heavy atom. The number of hydrogen-bond acceptors (Lipinski definition) is 2. The van der Waals surface area contributed by atoms with Crippen LogP contribution in [0.2, 0.25) is 0 Å². The summed E-state index contributed by atoms with van der Waals surface area (Å²) in [6, 6.07) is 11.4. The molecule has 0 aliphatic carbocycles. The highest BCUT2D eigenvalue weighted by Crippen LogP contribution is 2.39. The summed E-state index contributed by atoms with van der Waals surface area (Å²) in [5.74, 6) is -0.441. The second-order valence-corrected chi connectivity index (χ2v) is 5.58. The largest absolute Gasteiger partial charge is 0.384 e. The van der Waals surface area contributed by atoms with Gasteiger partial charge >= 0.3 is 0 Å². The fraction of sp³-hybridized carbons (Fsp3) is 0.278. The molecule has 0 spiro atoms. The number of carbonyl (C=O) groups is 1. The summed E-state index contributed by atoms with van der Waals surface area (Å²) in [6.07, 6.45) is -0.830. The molecule has 0 saturated carbocycles. The van der Waals surface area contributed by atoms with Crippen LogP contribution in [-0.4, -0.2) is 17.6 Å². The first-order valence-corrected chi connectivity index (χ1v) is 7.41. The normalized spacial score (nSPS) is 18.5. The van der Waals surface area contributed by atoms with Crippen molar-refractivity contribution in [2.75, 3.05) is 11.4 Å². The Balaban J connectivity index is 1.97. The summed E-state index contributed by atoms with van der Waals surface area (Å²) in [5, 5.41) is 10.5. The van der Waals surface area contributed by atoms with Crippen molar-refractivity contribution in [1.29, 1.82) is 0 Å². The second-order valence-electron chi connectivity index (χ2n) is 5.58. The summed E-state index contributed by atoms with van der Waals surface area (Å²) >= 11 is 0. The Morgan fingerprint density at radius 2 is 1.82 bits per heavy atom. The lowest BCUT2D eigenvalue weighted by atomic mass is 9.95. The molecule has 3 nitrogen and oxygen atoms in total. The SMILES string of the molecule is CCN1C(=O)C(C)c2cc(C(O)c3ccc(F)cc3)ccc21. The van der Waals surface area contributed by atoms with Gasteiger partial charge in [-0.3, -0.25) is 4.79 Å². The Morgan fingerprint density at radius 1 is 1.18 bits per heavy atom. The summed E-state index contributed by atoms with van der Waals surface area (Å²) in [6.45, 7) is 4.46. The van der Waals surface area contributed by atoms with Crippen molar-refractivity contribution in [1.82, 2.24) is 0 Å². The zero-order chi connectivity index (χ0) is 15.9. The minimum atomic E-state index is -0.830. The number of rotatable bonds is 3. The van der Waals surface area contributed by atoms with Gasteiger partial charge in [0.25, 0.3) is 0 Å². The molecule has 0 bridgehead atoms. The molecule has 3 rings (SSSR count). The van der Waals surface area contributed by atoms with Crippen LogP contribution >= 0.6 is 0 Å². The quantitative estimate of drug-likeness (QED) is 0.944. The van der Waals surface area contributed by atoms with E-state index in [-0.39, 0.29) is 17.6 Å². The highest BCUT2D eigenvalue weighted by molar-refractivity contribution is 6.04. The molecule has 4 heteroatoms. The predicted molar refractivity (Wildman–Crippen MR) is 83.3 cm³/mol. The van der Waals surface area contributed by atoms with E-state index in [1.165, 1.54) is 12.1 Å². The number of fused-ring (bicyclic) bond motifs is 1. The van der Waals surface area contributed by atoms with Gasteiger partial charge in [-0.2, -0.15) is 0 Å². The fourth-order valence-electron chi connectivity index (χ4n) is 2.98. The summed E-state index contributed by atoms with van der Waals surface area (Å²) in [4.78, 5) is 14.0. The molecular weight excluding hydrogens is 281 g/mol. The van der Waals surface area contributed by atoms with Gasteiger partial charge < -0.3 is 10.0 Å². The second kappa shape index (κ2) is 5.54. The standard InChI is InChI=1S/C18H18FNO2/c1-3-20-16-9-6-13(10-15(16)11(2)18(20)22)17(21)12-4-7-14(19)8-5-12/h4-11,17,21H,3H2,1-2H3. The smallest absolute Gasteiger partial charge is 0.234 e. The predicted octanol–water partition coefficient (Wildman–Crippen LogP) is 3.38. The van der Waals surface area contributed by atoms with E-state index in [0.29, 0.717) is 17.7 Å². The molecule has 1 heterocycles. The van der Waals surface area contributed by atoms with E-state index < -0.39 is 6.10 Å². The molecular formula is C18H18FNO2. The van der Waals surface area contributed by atoms with Crippen LogP contribution in [0.1, 0.15) is 42.6 Å². The molecule has 0 radical (unpaired) electrons. The number of aliphatic hydroxyl groups excluding tert-OH is 1. The topological polar surface area (TPSA) is 40.5 Å². The number of anilines is 1. The van der Waals surface area contributed by atoms with Crippen molar-refractivity contribution in [3.8, 4) is 0 Å². The van der Waals surface area contributed by atoms with Gasteiger partial charge in [-0.05, 0) is 54.8 Å². The minimum Gasteiger partial charge on any atom is -0.384 e. The molecule has 114 valence electrons. The average molecular weight is 299 g/mol. The van der Waals surface area contributed by atoms with Gasteiger partial charge in [0.2, 0.25) is 5.91 Å². The number of aliphatic hydroxyl groups is 1. The Labute approximate surface area is 129 Å². The molecule has 1 aliphatic heterocycles. The molecule has 2 unspecified atom stereocenters. The number of halogens is 1. The van der Waals surface area contributed by atoms with E-state index in [1.54, 1.807) is 17.0 Å². The fourth-order valence-corrected chi connectivity index (χ4v) is 2.98. The van der Waals surface area contributed by atoms with Crippen LogP contribution < -0.4 is 4.90 Å². The minimum absolute atomic E-state index is 0.0888. The first kappa shape index (κ1) is 14.7. The van der Waals surface area contributed by atoms with Crippen molar-refractivity contribution in [3.63, 3.8) is 0 Å².